The number of ketones is 1. The minimum Gasteiger partial charge on any atom is -0.503 e. The molecule has 4 rings (SSSR count). The molecule has 0 aliphatic carbocycles. The monoisotopic (exact) mass is 506 g/mol. The smallest absolute Gasteiger partial charge is 0.290 e. The lowest BCUT2D eigenvalue weighted by Gasteiger charge is -2.29. The number of hydrogen-bond acceptors (Lipinski definition) is 7. The van der Waals surface area contributed by atoms with E-state index in [2.05, 4.69) is 18.7 Å². The molecule has 1 atom stereocenters. The van der Waals surface area contributed by atoms with Crippen molar-refractivity contribution in [3.05, 3.63) is 70.7 Å². The molecule has 0 saturated heterocycles. The van der Waals surface area contributed by atoms with E-state index in [4.69, 9.17) is 13.9 Å². The summed E-state index contributed by atoms with van der Waals surface area (Å²) in [6, 6.07) is 11.8. The zero-order valence-electron chi connectivity index (χ0n) is 22.0. The van der Waals surface area contributed by atoms with Gasteiger partial charge in [-0.1, -0.05) is 31.5 Å². The van der Waals surface area contributed by atoms with Crippen LogP contribution in [0, 0.1) is 6.92 Å². The van der Waals surface area contributed by atoms with Gasteiger partial charge < -0.3 is 28.8 Å². The second-order valence-corrected chi connectivity index (χ2v) is 9.01. The zero-order valence-corrected chi connectivity index (χ0v) is 22.0. The van der Waals surface area contributed by atoms with Crippen LogP contribution in [-0.4, -0.2) is 66.5 Å². The van der Waals surface area contributed by atoms with Gasteiger partial charge in [0.05, 0.1) is 25.3 Å². The number of carbonyl (C=O) groups is 2. The number of benzene rings is 2. The highest BCUT2D eigenvalue weighted by molar-refractivity contribution is 6.16. The molecule has 0 radical (unpaired) electrons. The number of likely N-dealkylation sites (N-methyl/N-ethyl adjacent to an activating group) is 1. The molecule has 1 N–H and O–H groups in total. The predicted molar refractivity (Wildman–Crippen MR) is 141 cm³/mol. The van der Waals surface area contributed by atoms with Gasteiger partial charge in [0.25, 0.3) is 5.91 Å². The molecule has 1 aliphatic rings. The molecule has 0 saturated carbocycles. The van der Waals surface area contributed by atoms with Crippen molar-refractivity contribution in [2.24, 2.45) is 0 Å². The molecule has 0 fully saturated rings. The number of carbonyl (C=O) groups excluding carboxylic acids is 2. The van der Waals surface area contributed by atoms with Gasteiger partial charge in [-0.2, -0.15) is 0 Å². The summed E-state index contributed by atoms with van der Waals surface area (Å²) in [4.78, 5) is 30.9. The molecule has 196 valence electrons. The number of methoxy groups -OCH3 is 1. The Balaban J connectivity index is 1.79. The van der Waals surface area contributed by atoms with Crippen molar-refractivity contribution in [3.63, 3.8) is 0 Å². The van der Waals surface area contributed by atoms with Gasteiger partial charge in [-0.05, 0) is 62.8 Å². The van der Waals surface area contributed by atoms with Crippen LogP contribution < -0.4 is 9.47 Å². The van der Waals surface area contributed by atoms with Crippen LogP contribution in [0.1, 0.15) is 48.5 Å². The van der Waals surface area contributed by atoms with E-state index in [1.54, 1.807) is 35.2 Å². The van der Waals surface area contributed by atoms with Crippen molar-refractivity contribution < 1.29 is 28.6 Å². The number of aliphatic hydroxyl groups is 1. The van der Waals surface area contributed by atoms with E-state index in [-0.39, 0.29) is 11.3 Å². The van der Waals surface area contributed by atoms with Crippen LogP contribution in [0.2, 0.25) is 0 Å². The number of furan rings is 1. The maximum absolute atomic E-state index is 13.8. The van der Waals surface area contributed by atoms with Crippen molar-refractivity contribution in [3.8, 4) is 11.5 Å². The second kappa shape index (κ2) is 11.1. The summed E-state index contributed by atoms with van der Waals surface area (Å²) in [5.41, 5.74) is 2.22. The van der Waals surface area contributed by atoms with E-state index in [0.717, 1.165) is 24.0 Å². The number of amides is 1. The number of hydrogen-bond donors (Lipinski definition) is 1. The SMILES string of the molecule is CCOc1ccc(C2C(C(=O)c3cc4cc(C)ccc4o3)=C(O)C(=O)N2CCN(CC)CC)cc1OC. The molecule has 8 nitrogen and oxygen atoms in total. The number of ether oxygens (including phenoxy) is 2. The molecule has 2 aromatic carbocycles. The first kappa shape index (κ1) is 26.3. The van der Waals surface area contributed by atoms with E-state index < -0.39 is 23.5 Å². The van der Waals surface area contributed by atoms with Crippen LogP contribution in [0.4, 0.5) is 0 Å². The number of rotatable bonds is 11. The number of Topliss-reactive ketones (excluding diaryl/α,β-unsaturated/α-hetero) is 1. The highest BCUT2D eigenvalue weighted by atomic mass is 16.5. The topological polar surface area (TPSA) is 92.5 Å². The zero-order chi connectivity index (χ0) is 26.7. The molecule has 2 heterocycles. The standard InChI is InChI=1S/C29H34N2O6/c1-6-30(7-2)13-14-31-26(19-10-12-22(36-8-3)23(16-19)35-5)25(28(33)29(31)34)27(32)24-17-20-15-18(4)9-11-21(20)37-24/h9-12,15-17,26,33H,6-8,13-14H2,1-5H3. The molecule has 1 aliphatic heterocycles. The average molecular weight is 507 g/mol. The summed E-state index contributed by atoms with van der Waals surface area (Å²) >= 11 is 0. The minimum absolute atomic E-state index is 0.00784. The third kappa shape index (κ3) is 5.06. The molecular weight excluding hydrogens is 472 g/mol. The van der Waals surface area contributed by atoms with Crippen LogP contribution in [0.3, 0.4) is 0 Å². The fraction of sp³-hybridized carbons (Fsp3) is 0.379. The molecule has 0 spiro atoms. The highest BCUT2D eigenvalue weighted by Gasteiger charge is 2.44. The van der Waals surface area contributed by atoms with Gasteiger partial charge in [-0.3, -0.25) is 9.59 Å². The van der Waals surface area contributed by atoms with E-state index in [1.165, 1.54) is 7.11 Å². The quantitative estimate of drug-likeness (QED) is 0.363. The second-order valence-electron chi connectivity index (χ2n) is 9.01. The summed E-state index contributed by atoms with van der Waals surface area (Å²) in [5.74, 6) is -0.555. The molecular formula is C29H34N2O6. The van der Waals surface area contributed by atoms with Crippen LogP contribution in [0.5, 0.6) is 11.5 Å². The third-order valence-electron chi connectivity index (χ3n) is 6.80. The highest BCUT2D eigenvalue weighted by Crippen LogP contribution is 2.42. The Kier molecular flexibility index (Phi) is 7.88. The Hall–Kier alpha value is -3.78. The molecule has 8 heteroatoms. The van der Waals surface area contributed by atoms with Crippen molar-refractivity contribution in [2.75, 3.05) is 39.9 Å². The Morgan fingerprint density at radius 2 is 1.84 bits per heavy atom. The fourth-order valence-corrected chi connectivity index (χ4v) is 4.79. The first-order chi connectivity index (χ1) is 17.8. The first-order valence-corrected chi connectivity index (χ1v) is 12.6. The van der Waals surface area contributed by atoms with Crippen LogP contribution in [0.25, 0.3) is 11.0 Å². The summed E-state index contributed by atoms with van der Waals surface area (Å²) in [6.07, 6.45) is 0. The maximum atomic E-state index is 13.8. The minimum atomic E-state index is -0.810. The van der Waals surface area contributed by atoms with Gasteiger partial charge in [0.1, 0.15) is 5.58 Å². The van der Waals surface area contributed by atoms with E-state index >= 15 is 0 Å². The lowest BCUT2D eigenvalue weighted by molar-refractivity contribution is -0.129. The molecule has 1 amide bonds. The fourth-order valence-electron chi connectivity index (χ4n) is 4.79. The Labute approximate surface area is 217 Å². The molecule has 3 aromatic rings. The normalized spacial score (nSPS) is 15.8. The van der Waals surface area contributed by atoms with E-state index in [1.807, 2.05) is 26.0 Å². The summed E-state index contributed by atoms with van der Waals surface area (Å²) in [5, 5.41) is 11.8. The van der Waals surface area contributed by atoms with Gasteiger partial charge in [-0.15, -0.1) is 0 Å². The first-order valence-electron chi connectivity index (χ1n) is 12.6. The predicted octanol–water partition coefficient (Wildman–Crippen LogP) is 5.07. The van der Waals surface area contributed by atoms with Crippen molar-refractivity contribution >= 4 is 22.7 Å². The van der Waals surface area contributed by atoms with Crippen LogP contribution in [-0.2, 0) is 4.79 Å². The molecule has 37 heavy (non-hydrogen) atoms. The molecule has 0 bridgehead atoms. The van der Waals surface area contributed by atoms with Crippen LogP contribution in [0.15, 0.2) is 58.2 Å². The van der Waals surface area contributed by atoms with Gasteiger partial charge in [0.2, 0.25) is 5.78 Å². The Morgan fingerprint density at radius 1 is 1.08 bits per heavy atom. The Morgan fingerprint density at radius 3 is 2.51 bits per heavy atom. The lowest BCUT2D eigenvalue weighted by Crippen LogP contribution is -2.38. The van der Waals surface area contributed by atoms with Gasteiger partial charge in [-0.25, -0.2) is 0 Å². The van der Waals surface area contributed by atoms with E-state index in [9.17, 15) is 14.7 Å². The average Bonchev–Trinajstić information content (AvgIpc) is 3.43. The summed E-state index contributed by atoms with van der Waals surface area (Å²) in [7, 11) is 1.54. The number of aliphatic hydroxyl groups excluding tert-OH is 1. The van der Waals surface area contributed by atoms with Crippen LogP contribution >= 0.6 is 0 Å². The number of fused-ring (bicyclic) bond motifs is 1. The molecule has 1 unspecified atom stereocenters. The van der Waals surface area contributed by atoms with Gasteiger partial charge in [0.15, 0.2) is 23.0 Å². The summed E-state index contributed by atoms with van der Waals surface area (Å²) in [6.45, 7) is 11.0. The van der Waals surface area contributed by atoms with E-state index in [0.29, 0.717) is 42.3 Å². The maximum Gasteiger partial charge on any atom is 0.290 e. The Bertz CT molecular complexity index is 1340. The molecule has 1 aromatic heterocycles. The largest absolute Gasteiger partial charge is 0.503 e. The van der Waals surface area contributed by atoms with Crippen molar-refractivity contribution in [1.82, 2.24) is 9.80 Å². The third-order valence-corrected chi connectivity index (χ3v) is 6.80. The van der Waals surface area contributed by atoms with Gasteiger partial charge >= 0.3 is 0 Å². The van der Waals surface area contributed by atoms with Gasteiger partial charge in [0, 0.05) is 18.5 Å². The number of nitrogens with zero attached hydrogens (tertiary/aromatic N) is 2. The summed E-state index contributed by atoms with van der Waals surface area (Å²) < 4.78 is 17.0. The van der Waals surface area contributed by atoms with Crippen molar-refractivity contribution in [1.29, 1.82) is 0 Å². The lowest BCUT2D eigenvalue weighted by atomic mass is 9.94. The van der Waals surface area contributed by atoms with Crippen molar-refractivity contribution in [2.45, 2.75) is 33.7 Å². The number of aryl methyl sites for hydroxylation is 1.